The van der Waals surface area contributed by atoms with E-state index in [-0.39, 0.29) is 46.1 Å². The molecule has 2 fully saturated rings. The van der Waals surface area contributed by atoms with Gasteiger partial charge in [-0.1, -0.05) is 11.6 Å². The van der Waals surface area contributed by atoms with Crippen molar-refractivity contribution in [2.75, 3.05) is 56.7 Å². The Hall–Kier alpha value is -2.03. The number of piperidine rings is 2. The third kappa shape index (κ3) is 21.0. The van der Waals surface area contributed by atoms with Crippen LogP contribution < -0.4 is 25.2 Å². The Morgan fingerprint density at radius 3 is 1.74 bits per heavy atom. The smallest absolute Gasteiger partial charge is 0.339 e. The Morgan fingerprint density at radius 2 is 1.21 bits per heavy atom. The van der Waals surface area contributed by atoms with Crippen LogP contribution in [0.5, 0.6) is 0 Å². The van der Waals surface area contributed by atoms with Gasteiger partial charge in [-0.15, -0.1) is 12.4 Å². The highest BCUT2D eigenvalue weighted by Crippen LogP contribution is 2.61. The lowest BCUT2D eigenvalue weighted by atomic mass is 9.98. The van der Waals surface area contributed by atoms with Gasteiger partial charge >= 0.3 is 5.20 Å². The quantitative estimate of drug-likeness (QED) is 0.0864. The molecule has 6 aromatic rings. The fourth-order valence-corrected chi connectivity index (χ4v) is 8.70. The molecule has 68 heavy (non-hydrogen) atoms. The summed E-state index contributed by atoms with van der Waals surface area (Å²) in [7, 11) is -6.20. The molecule has 2 aliphatic heterocycles. The molecule has 5 heterocycles. The summed E-state index contributed by atoms with van der Waals surface area (Å²) in [5, 5.41) is 1.71. The second kappa shape index (κ2) is 27.7. The lowest BCUT2D eigenvalue weighted by Crippen LogP contribution is -2.41. The second-order valence-corrected chi connectivity index (χ2v) is 28.0. The van der Waals surface area contributed by atoms with Crippen molar-refractivity contribution in [2.24, 2.45) is 11.8 Å². The van der Waals surface area contributed by atoms with E-state index in [4.69, 9.17) is 11.6 Å². The molecule has 8 rings (SSSR count). The van der Waals surface area contributed by atoms with Crippen molar-refractivity contribution in [2.45, 2.75) is 25.7 Å². The van der Waals surface area contributed by atoms with E-state index in [1.165, 1.54) is 43.4 Å². The number of aromatic nitrogens is 6. The first-order chi connectivity index (χ1) is 31.3. The first-order valence-electron chi connectivity index (χ1n) is 19.5. The van der Waals surface area contributed by atoms with E-state index in [1.807, 2.05) is 0 Å². The third-order valence-electron chi connectivity index (χ3n) is 9.45. The van der Waals surface area contributed by atoms with E-state index in [9.17, 15) is 39.4 Å². The molecule has 2 unspecified atom stereocenters. The van der Waals surface area contributed by atoms with Gasteiger partial charge in [-0.25, -0.2) is 64.4 Å². The van der Waals surface area contributed by atoms with E-state index >= 15 is 0 Å². The van der Waals surface area contributed by atoms with Gasteiger partial charge in [-0.2, -0.15) is 0 Å². The number of nitrogens with zero attached hydrogens (tertiary/aromatic N) is 6. The van der Waals surface area contributed by atoms with Gasteiger partial charge in [0.05, 0.1) is 54.2 Å². The molecular formula is C38H42Br3Cl5F3N10O6PS2. The van der Waals surface area contributed by atoms with Crippen LogP contribution in [0.2, 0.25) is 5.15 Å². The standard InChI is InChI=1S/C15H18BrFN4O2S.C8H3BrClFN2.C8H4BrFN2O.C7H16N2O2S.Cl3OP.ClH/c1-24(22,23)20-7-10-3-2-4-21(8-10)15-11-5-13(17)12(16)6-14(11)18-9-19-15;9-5-2-7-4(1-6(5)11)8(10)13-3-12-7;9-5-2-7-4(1-6(5)10)8(13)12-3-11-7;1-12(10,11)9-6-7-3-2-4-8-5-7;1-5(2,3)4;/h5-6,9-10,20H,2-4,7-8H2,1H3;1-3H;1-3H,(H,11,12,13);7-9H,2-6H2,1H3;;1H. The van der Waals surface area contributed by atoms with Gasteiger partial charge in [0.1, 0.15) is 41.1 Å². The fraction of sp³-hybridized carbons (Fsp3) is 0.368. The Labute approximate surface area is 440 Å². The van der Waals surface area contributed by atoms with Crippen LogP contribution in [0.3, 0.4) is 0 Å². The number of aromatic amines is 1. The molecule has 2 atom stereocenters. The van der Waals surface area contributed by atoms with Crippen LogP contribution in [0.4, 0.5) is 19.0 Å². The monoisotopic (exact) mass is 1300 g/mol. The van der Waals surface area contributed by atoms with Crippen LogP contribution >= 0.6 is 111 Å². The largest absolute Gasteiger partial charge is 0.356 e. The summed E-state index contributed by atoms with van der Waals surface area (Å²) in [6.45, 7) is 4.45. The summed E-state index contributed by atoms with van der Waals surface area (Å²) < 4.78 is 99.7. The molecule has 0 radical (unpaired) electrons. The van der Waals surface area contributed by atoms with E-state index in [0.717, 1.165) is 57.6 Å². The first-order valence-corrected chi connectivity index (χ1v) is 30.5. The zero-order valence-corrected chi connectivity index (χ0v) is 46.6. The number of anilines is 1. The number of rotatable bonds is 7. The molecule has 4 N–H and O–H groups in total. The Balaban J connectivity index is 0.000000241. The SMILES string of the molecule is CS(=O)(=O)NCC1CCCN(c2ncnc3cc(Br)c(F)cc23)C1.CS(=O)(=O)NCC1CCCNC1.Cl.Fc1cc2c(Cl)ncnc2cc1Br.O=P(Cl)(Cl)Cl.O=c1[nH]cnc2cc(Br)c(F)cc12. The first kappa shape index (κ1) is 60.3. The van der Waals surface area contributed by atoms with Crippen LogP contribution in [0.15, 0.2) is 73.6 Å². The van der Waals surface area contributed by atoms with Gasteiger partial charge in [0, 0.05) is 37.0 Å². The van der Waals surface area contributed by atoms with Crippen LogP contribution in [-0.2, 0) is 24.6 Å². The molecule has 0 saturated carbocycles. The number of H-pyrrole nitrogens is 1. The van der Waals surface area contributed by atoms with Crippen LogP contribution in [0.25, 0.3) is 32.7 Å². The van der Waals surface area contributed by atoms with Crippen molar-refractivity contribution in [3.8, 4) is 0 Å². The zero-order valence-electron chi connectivity index (χ0n) is 35.5. The summed E-state index contributed by atoms with van der Waals surface area (Å²) in [4.78, 5) is 35.7. The maximum absolute atomic E-state index is 13.9. The van der Waals surface area contributed by atoms with Crippen LogP contribution in [0, 0.1) is 29.3 Å². The van der Waals surface area contributed by atoms with Crippen molar-refractivity contribution in [3.63, 3.8) is 0 Å². The van der Waals surface area contributed by atoms with Gasteiger partial charge < -0.3 is 15.2 Å². The summed E-state index contributed by atoms with van der Waals surface area (Å²) >= 11 is 28.8. The maximum atomic E-state index is 13.9. The second-order valence-electron chi connectivity index (χ2n) is 14.8. The van der Waals surface area contributed by atoms with Crippen molar-refractivity contribution < 1.29 is 34.6 Å². The Morgan fingerprint density at radius 1 is 0.735 bits per heavy atom. The molecule has 3 aromatic carbocycles. The number of hydrogen-bond donors (Lipinski definition) is 4. The van der Waals surface area contributed by atoms with Gasteiger partial charge in [-0.3, -0.25) is 9.36 Å². The number of hydrogen-bond acceptors (Lipinski definition) is 13. The fourth-order valence-electron chi connectivity index (χ4n) is 6.43. The average molecular weight is 1300 g/mol. The maximum Gasteiger partial charge on any atom is 0.339 e. The minimum atomic E-state index is -3.22. The van der Waals surface area contributed by atoms with Crippen molar-refractivity contribution in [1.29, 1.82) is 0 Å². The van der Waals surface area contributed by atoms with Gasteiger partial charge in [0.2, 0.25) is 20.0 Å². The van der Waals surface area contributed by atoms with E-state index < -0.39 is 31.1 Å². The van der Waals surface area contributed by atoms with Crippen molar-refractivity contribution >= 4 is 169 Å². The number of fused-ring (bicyclic) bond motifs is 3. The number of sulfonamides is 2. The van der Waals surface area contributed by atoms with E-state index in [0.29, 0.717) is 72.1 Å². The Bertz CT molecular complexity index is 3000. The number of benzene rings is 3. The summed E-state index contributed by atoms with van der Waals surface area (Å²) in [6, 6.07) is 8.58. The normalized spacial score (nSPS) is 16.1. The number of halogens is 11. The highest BCUT2D eigenvalue weighted by Gasteiger charge is 2.24. The molecule has 2 saturated heterocycles. The van der Waals surface area contributed by atoms with Crippen molar-refractivity contribution in [1.82, 2.24) is 44.7 Å². The molecular weight excluding hydrogens is 1260 g/mol. The summed E-state index contributed by atoms with van der Waals surface area (Å²) in [5.41, 5.74) is 1.42. The predicted octanol–water partition coefficient (Wildman–Crippen LogP) is 10.1. The Kier molecular flexibility index (Phi) is 24.6. The third-order valence-corrected chi connectivity index (χ3v) is 13.0. The molecule has 0 bridgehead atoms. The topological polar surface area (TPSA) is 222 Å². The molecule has 0 aliphatic carbocycles. The minimum Gasteiger partial charge on any atom is -0.356 e. The molecule has 30 heteroatoms. The summed E-state index contributed by atoms with van der Waals surface area (Å²) in [5.74, 6) is 0.156. The van der Waals surface area contributed by atoms with Gasteiger partial charge in [0.25, 0.3) is 5.56 Å². The van der Waals surface area contributed by atoms with E-state index in [1.54, 1.807) is 12.1 Å². The molecule has 374 valence electrons. The lowest BCUT2D eigenvalue weighted by molar-refractivity contribution is 0.376. The molecule has 0 spiro atoms. The molecule has 0 amide bonds. The minimum absolute atomic E-state index is 0. The molecule has 16 nitrogen and oxygen atoms in total. The molecule has 2 aliphatic rings. The van der Waals surface area contributed by atoms with Gasteiger partial charge in [-0.05, 0) is 169 Å². The van der Waals surface area contributed by atoms with Gasteiger partial charge in [0.15, 0.2) is 0 Å². The lowest BCUT2D eigenvalue weighted by Gasteiger charge is -2.34. The highest BCUT2D eigenvalue weighted by atomic mass is 79.9. The van der Waals surface area contributed by atoms with Crippen LogP contribution in [-0.4, -0.2) is 98.5 Å². The van der Waals surface area contributed by atoms with Crippen LogP contribution in [0.1, 0.15) is 25.7 Å². The zero-order chi connectivity index (χ0) is 49.7. The van der Waals surface area contributed by atoms with Crippen molar-refractivity contribution in [3.05, 3.63) is 102 Å². The number of nitrogens with one attached hydrogen (secondary N) is 4. The average Bonchev–Trinajstić information content (AvgIpc) is 3.24. The summed E-state index contributed by atoms with van der Waals surface area (Å²) in [6.07, 6.45) is 10.6. The molecule has 3 aromatic heterocycles. The van der Waals surface area contributed by atoms with E-state index in [2.05, 4.69) is 131 Å². The highest BCUT2D eigenvalue weighted by molar-refractivity contribution is 9.11. The predicted molar refractivity (Wildman–Crippen MR) is 278 cm³/mol.